The van der Waals surface area contributed by atoms with Crippen molar-refractivity contribution in [1.29, 1.82) is 5.41 Å². The molecule has 1 unspecified atom stereocenters. The molecular weight excluding hydrogens is 284 g/mol. The highest BCUT2D eigenvalue weighted by atomic mass is 79.9. The number of hydrogen-bond acceptors (Lipinski definition) is 2. The maximum Gasteiger partial charge on any atom is 0.123 e. The second-order valence-electron chi connectivity index (χ2n) is 3.88. The lowest BCUT2D eigenvalue weighted by atomic mass is 10.2. The largest absolute Gasteiger partial charge is 0.384 e. The Kier molecular flexibility index (Phi) is 5.35. The lowest BCUT2D eigenvalue weighted by Crippen LogP contribution is -2.11. The second kappa shape index (κ2) is 6.30. The van der Waals surface area contributed by atoms with Crippen LogP contribution in [0, 0.1) is 11.3 Å². The van der Waals surface area contributed by atoms with Gasteiger partial charge in [-0.15, -0.1) is 11.8 Å². The Morgan fingerprint density at radius 3 is 2.75 bits per heavy atom. The van der Waals surface area contributed by atoms with Crippen molar-refractivity contribution in [1.82, 2.24) is 0 Å². The average molecular weight is 301 g/mol. The van der Waals surface area contributed by atoms with E-state index in [1.54, 1.807) is 0 Å². The zero-order valence-corrected chi connectivity index (χ0v) is 12.0. The minimum atomic E-state index is 0.102. The number of amidine groups is 1. The number of rotatable bonds is 5. The van der Waals surface area contributed by atoms with Crippen LogP contribution >= 0.6 is 27.7 Å². The molecule has 2 nitrogen and oxygen atoms in total. The van der Waals surface area contributed by atoms with Crippen LogP contribution in [0.4, 0.5) is 0 Å². The quantitative estimate of drug-likeness (QED) is 0.493. The topological polar surface area (TPSA) is 49.9 Å². The van der Waals surface area contributed by atoms with Crippen LogP contribution in [0.2, 0.25) is 0 Å². The van der Waals surface area contributed by atoms with Crippen LogP contribution in [-0.2, 0) is 0 Å². The molecule has 0 aromatic heterocycles. The van der Waals surface area contributed by atoms with Crippen molar-refractivity contribution in [2.45, 2.75) is 25.2 Å². The molecule has 3 N–H and O–H groups in total. The van der Waals surface area contributed by atoms with Crippen LogP contribution in [-0.4, -0.2) is 11.6 Å². The van der Waals surface area contributed by atoms with Gasteiger partial charge in [0.1, 0.15) is 5.84 Å². The zero-order chi connectivity index (χ0) is 12.1. The molecule has 88 valence electrons. The number of nitrogen functional groups attached to an aromatic ring is 1. The van der Waals surface area contributed by atoms with E-state index in [1.807, 2.05) is 30.0 Å². The van der Waals surface area contributed by atoms with E-state index in [4.69, 9.17) is 11.1 Å². The fraction of sp³-hybridized carbons (Fsp3) is 0.417. The van der Waals surface area contributed by atoms with Crippen molar-refractivity contribution in [3.05, 3.63) is 28.2 Å². The van der Waals surface area contributed by atoms with Gasteiger partial charge in [0.05, 0.1) is 0 Å². The van der Waals surface area contributed by atoms with Crippen LogP contribution < -0.4 is 5.73 Å². The van der Waals surface area contributed by atoms with Crippen molar-refractivity contribution >= 4 is 33.5 Å². The van der Waals surface area contributed by atoms with Gasteiger partial charge in [0.25, 0.3) is 0 Å². The van der Waals surface area contributed by atoms with Crippen LogP contribution in [0.15, 0.2) is 27.6 Å². The van der Waals surface area contributed by atoms with Crippen LogP contribution in [0.25, 0.3) is 0 Å². The first kappa shape index (κ1) is 13.6. The minimum absolute atomic E-state index is 0.102. The summed E-state index contributed by atoms with van der Waals surface area (Å²) >= 11 is 5.28. The molecule has 0 amide bonds. The van der Waals surface area contributed by atoms with E-state index in [0.717, 1.165) is 21.7 Å². The first-order valence-corrected chi connectivity index (χ1v) is 7.09. The molecule has 0 saturated carbocycles. The second-order valence-corrected chi connectivity index (χ2v) is 5.83. The summed E-state index contributed by atoms with van der Waals surface area (Å²) in [7, 11) is 0. The molecule has 0 saturated heterocycles. The number of halogens is 1. The number of thioether (sulfide) groups is 1. The van der Waals surface area contributed by atoms with Crippen molar-refractivity contribution in [2.24, 2.45) is 11.7 Å². The Morgan fingerprint density at radius 1 is 1.56 bits per heavy atom. The van der Waals surface area contributed by atoms with Crippen molar-refractivity contribution in [3.63, 3.8) is 0 Å². The maximum atomic E-state index is 7.39. The van der Waals surface area contributed by atoms with Gasteiger partial charge in [-0.2, -0.15) is 0 Å². The number of nitrogens with two attached hydrogens (primary N) is 1. The van der Waals surface area contributed by atoms with Gasteiger partial charge in [-0.05, 0) is 40.0 Å². The van der Waals surface area contributed by atoms with E-state index >= 15 is 0 Å². The van der Waals surface area contributed by atoms with E-state index in [-0.39, 0.29) is 5.84 Å². The van der Waals surface area contributed by atoms with Gasteiger partial charge in [0, 0.05) is 20.7 Å². The molecule has 16 heavy (non-hydrogen) atoms. The number of benzene rings is 1. The first-order valence-electron chi connectivity index (χ1n) is 5.31. The van der Waals surface area contributed by atoms with Gasteiger partial charge in [-0.3, -0.25) is 5.41 Å². The predicted octanol–water partition coefficient (Wildman–Crippen LogP) is 3.87. The highest BCUT2D eigenvalue weighted by Gasteiger charge is 2.05. The molecule has 0 fully saturated rings. The maximum absolute atomic E-state index is 7.39. The highest BCUT2D eigenvalue weighted by molar-refractivity contribution is 9.10. The number of hydrogen-bond donors (Lipinski definition) is 2. The average Bonchev–Trinajstić information content (AvgIpc) is 2.25. The van der Waals surface area contributed by atoms with Crippen LogP contribution in [0.3, 0.4) is 0 Å². The lowest BCUT2D eigenvalue weighted by molar-refractivity contribution is 0.637. The van der Waals surface area contributed by atoms with Gasteiger partial charge in [-0.25, -0.2) is 0 Å². The molecule has 0 aliphatic heterocycles. The summed E-state index contributed by atoms with van der Waals surface area (Å²) in [6, 6.07) is 5.95. The summed E-state index contributed by atoms with van der Waals surface area (Å²) in [4.78, 5) is 1.22. The lowest BCUT2D eigenvalue weighted by Gasteiger charge is -2.09. The SMILES string of the molecule is CCC(C)CSc1ccc(C(=N)N)c(Br)c1. The zero-order valence-electron chi connectivity index (χ0n) is 9.59. The highest BCUT2D eigenvalue weighted by Crippen LogP contribution is 2.27. The summed E-state index contributed by atoms with van der Waals surface area (Å²) < 4.78 is 0.897. The summed E-state index contributed by atoms with van der Waals surface area (Å²) in [5, 5.41) is 7.39. The third-order valence-electron chi connectivity index (χ3n) is 2.46. The minimum Gasteiger partial charge on any atom is -0.384 e. The molecule has 4 heteroatoms. The molecule has 0 spiro atoms. The standard InChI is InChI=1S/C12H17BrN2S/c1-3-8(2)7-16-9-4-5-10(12(14)15)11(13)6-9/h4-6,8H,3,7H2,1-2H3,(H3,14,15). The molecule has 0 heterocycles. The van der Waals surface area contributed by atoms with Crippen LogP contribution in [0.1, 0.15) is 25.8 Å². The summed E-state index contributed by atoms with van der Waals surface area (Å²) in [5.74, 6) is 1.96. The van der Waals surface area contributed by atoms with Gasteiger partial charge in [-0.1, -0.05) is 20.3 Å². The predicted molar refractivity (Wildman–Crippen MR) is 75.3 cm³/mol. The van der Waals surface area contributed by atoms with Crippen molar-refractivity contribution < 1.29 is 0 Å². The smallest absolute Gasteiger partial charge is 0.123 e. The van der Waals surface area contributed by atoms with Gasteiger partial charge in [0.15, 0.2) is 0 Å². The summed E-state index contributed by atoms with van der Waals surface area (Å²) in [5.41, 5.74) is 6.21. The number of nitrogens with one attached hydrogen (secondary N) is 1. The normalized spacial score (nSPS) is 12.4. The van der Waals surface area contributed by atoms with Crippen LogP contribution in [0.5, 0.6) is 0 Å². The van der Waals surface area contributed by atoms with E-state index < -0.39 is 0 Å². The molecule has 1 aromatic carbocycles. The Balaban J connectivity index is 2.70. The summed E-state index contributed by atoms with van der Waals surface area (Å²) in [6.45, 7) is 4.46. The Labute approximate surface area is 110 Å². The molecule has 0 bridgehead atoms. The van der Waals surface area contributed by atoms with Gasteiger partial charge >= 0.3 is 0 Å². The third-order valence-corrected chi connectivity index (χ3v) is 4.44. The first-order chi connectivity index (χ1) is 7.54. The molecule has 1 rings (SSSR count). The molecule has 0 radical (unpaired) electrons. The third kappa shape index (κ3) is 3.83. The molecule has 1 atom stereocenters. The van der Waals surface area contributed by atoms with Gasteiger partial charge < -0.3 is 5.73 Å². The monoisotopic (exact) mass is 300 g/mol. The summed E-state index contributed by atoms with van der Waals surface area (Å²) in [6.07, 6.45) is 1.21. The molecular formula is C12H17BrN2S. The Hall–Kier alpha value is -0.480. The fourth-order valence-corrected chi connectivity index (χ4v) is 2.98. The van der Waals surface area contributed by atoms with Crippen molar-refractivity contribution in [3.8, 4) is 0 Å². The van der Waals surface area contributed by atoms with E-state index in [2.05, 4.69) is 29.8 Å². The van der Waals surface area contributed by atoms with E-state index in [9.17, 15) is 0 Å². The van der Waals surface area contributed by atoms with Gasteiger partial charge in [0.2, 0.25) is 0 Å². The molecule has 0 aliphatic rings. The van der Waals surface area contributed by atoms with Crippen molar-refractivity contribution in [2.75, 3.05) is 5.75 Å². The Bertz CT molecular complexity index is 379. The molecule has 0 aliphatic carbocycles. The molecule has 1 aromatic rings. The fourth-order valence-electron chi connectivity index (χ4n) is 1.16. The van der Waals surface area contributed by atoms with E-state index in [0.29, 0.717) is 0 Å². The van der Waals surface area contributed by atoms with E-state index in [1.165, 1.54) is 11.3 Å². The Morgan fingerprint density at radius 2 is 2.25 bits per heavy atom.